The maximum absolute atomic E-state index is 8.82. The molecule has 0 aliphatic heterocycles. The molecule has 2 heteroatoms. The van der Waals surface area contributed by atoms with Crippen molar-refractivity contribution in [2.45, 2.75) is 20.8 Å². The Morgan fingerprint density at radius 2 is 1.40 bits per heavy atom. The molecule has 0 atom stereocenters. The highest BCUT2D eigenvalue weighted by atomic mass is 32.3. The van der Waals surface area contributed by atoms with Crippen LogP contribution in [-0.2, 0) is 0 Å². The lowest BCUT2D eigenvalue weighted by Gasteiger charge is -2.36. The second-order valence-electron chi connectivity index (χ2n) is 2.52. The third-order valence-corrected chi connectivity index (χ3v) is 7.08. The highest BCUT2D eigenvalue weighted by Gasteiger charge is 2.15. The molecular weight excluding hydrogens is 144 g/mol. The molecule has 64 valence electrons. The van der Waals surface area contributed by atoms with Crippen molar-refractivity contribution in [2.75, 3.05) is 29.6 Å². The molecule has 0 saturated carbocycles. The van der Waals surface area contributed by atoms with Crippen molar-refractivity contribution in [3.05, 3.63) is 0 Å². The maximum atomic E-state index is 8.82. The van der Waals surface area contributed by atoms with Crippen molar-refractivity contribution >= 4 is 10.0 Å². The first-order valence-corrected chi connectivity index (χ1v) is 6.40. The van der Waals surface area contributed by atoms with Crippen molar-refractivity contribution in [1.29, 1.82) is 0 Å². The fourth-order valence-electron chi connectivity index (χ4n) is 1.24. The normalized spacial score (nSPS) is 13.6. The van der Waals surface area contributed by atoms with E-state index >= 15 is 0 Å². The van der Waals surface area contributed by atoms with Gasteiger partial charge < -0.3 is 5.11 Å². The van der Waals surface area contributed by atoms with Gasteiger partial charge in [-0.3, -0.25) is 0 Å². The van der Waals surface area contributed by atoms with Crippen LogP contribution < -0.4 is 0 Å². The van der Waals surface area contributed by atoms with E-state index in [4.69, 9.17) is 5.11 Å². The Balaban J connectivity index is 3.87. The number of aliphatic hydroxyl groups is 1. The Morgan fingerprint density at radius 3 is 1.50 bits per heavy atom. The summed E-state index contributed by atoms with van der Waals surface area (Å²) in [7, 11) is -0.410. The first-order valence-electron chi connectivity index (χ1n) is 4.09. The molecule has 0 saturated heterocycles. The minimum Gasteiger partial charge on any atom is -0.396 e. The molecule has 0 spiro atoms. The number of aliphatic hydroxyl groups excluding tert-OH is 1. The van der Waals surface area contributed by atoms with Crippen LogP contribution in [0.1, 0.15) is 20.8 Å². The Hall–Kier alpha value is 0.310. The van der Waals surface area contributed by atoms with Crippen LogP contribution >= 0.6 is 10.0 Å². The monoisotopic (exact) mass is 164 g/mol. The van der Waals surface area contributed by atoms with Crippen LogP contribution in [0.2, 0.25) is 0 Å². The standard InChI is InChI=1S/C8H20OS/c1-4-10(5-2,6-3)8-7-9/h9H,4-8H2,1-3H3. The van der Waals surface area contributed by atoms with Gasteiger partial charge in [0.25, 0.3) is 0 Å². The van der Waals surface area contributed by atoms with Gasteiger partial charge in [0.2, 0.25) is 0 Å². The minimum atomic E-state index is -0.410. The summed E-state index contributed by atoms with van der Waals surface area (Å²) in [6.45, 7) is 7.12. The predicted octanol–water partition coefficient (Wildman–Crippen LogP) is 1.84. The summed E-state index contributed by atoms with van der Waals surface area (Å²) in [4.78, 5) is 0. The van der Waals surface area contributed by atoms with E-state index in [-0.39, 0.29) is 0 Å². The average molecular weight is 164 g/mol. The van der Waals surface area contributed by atoms with E-state index in [1.807, 2.05) is 0 Å². The van der Waals surface area contributed by atoms with E-state index in [0.29, 0.717) is 6.61 Å². The lowest BCUT2D eigenvalue weighted by Crippen LogP contribution is -2.15. The van der Waals surface area contributed by atoms with Crippen LogP contribution in [0.5, 0.6) is 0 Å². The van der Waals surface area contributed by atoms with Gasteiger partial charge in [-0.2, -0.15) is 0 Å². The molecular formula is C8H20OS. The molecule has 0 bridgehead atoms. The van der Waals surface area contributed by atoms with Crippen molar-refractivity contribution < 1.29 is 5.11 Å². The minimum absolute atomic E-state index is 0.380. The molecule has 0 aromatic carbocycles. The van der Waals surface area contributed by atoms with E-state index < -0.39 is 10.0 Å². The van der Waals surface area contributed by atoms with Gasteiger partial charge in [0.1, 0.15) is 0 Å². The average Bonchev–Trinajstić information content (AvgIpc) is 2.01. The molecule has 0 aliphatic carbocycles. The Labute approximate surface area is 66.1 Å². The van der Waals surface area contributed by atoms with Crippen LogP contribution in [0.4, 0.5) is 0 Å². The van der Waals surface area contributed by atoms with E-state index in [9.17, 15) is 0 Å². The molecule has 0 aromatic rings. The number of hydrogen-bond donors (Lipinski definition) is 1. The van der Waals surface area contributed by atoms with Gasteiger partial charge in [-0.05, 0) is 17.3 Å². The second kappa shape index (κ2) is 5.03. The van der Waals surface area contributed by atoms with Gasteiger partial charge >= 0.3 is 0 Å². The fourth-order valence-corrected chi connectivity index (χ4v) is 3.72. The SMILES string of the molecule is CCS(CC)(CC)CCO. The molecule has 0 rings (SSSR count). The molecule has 10 heavy (non-hydrogen) atoms. The fraction of sp³-hybridized carbons (Fsp3) is 1.00. The van der Waals surface area contributed by atoms with Crippen molar-refractivity contribution in [1.82, 2.24) is 0 Å². The first kappa shape index (κ1) is 10.3. The van der Waals surface area contributed by atoms with Gasteiger partial charge in [-0.25, -0.2) is 10.0 Å². The van der Waals surface area contributed by atoms with Crippen LogP contribution in [0.25, 0.3) is 0 Å². The molecule has 1 nitrogen and oxygen atoms in total. The molecule has 0 unspecified atom stereocenters. The van der Waals surface area contributed by atoms with Gasteiger partial charge in [0.15, 0.2) is 0 Å². The molecule has 0 aliphatic rings. The highest BCUT2D eigenvalue weighted by Crippen LogP contribution is 2.45. The first-order chi connectivity index (χ1) is 4.74. The summed E-state index contributed by atoms with van der Waals surface area (Å²) in [5, 5.41) is 8.82. The highest BCUT2D eigenvalue weighted by molar-refractivity contribution is 8.33. The van der Waals surface area contributed by atoms with Crippen molar-refractivity contribution in [3.63, 3.8) is 0 Å². The molecule has 0 aromatic heterocycles. The molecule has 0 heterocycles. The zero-order chi connectivity index (χ0) is 8.04. The van der Waals surface area contributed by atoms with Crippen molar-refractivity contribution in [2.24, 2.45) is 0 Å². The molecule has 0 amide bonds. The van der Waals surface area contributed by atoms with Gasteiger partial charge in [-0.15, -0.1) is 0 Å². The van der Waals surface area contributed by atoms with E-state index in [1.54, 1.807) is 0 Å². The Kier molecular flexibility index (Phi) is 5.18. The van der Waals surface area contributed by atoms with Gasteiger partial charge in [-0.1, -0.05) is 20.8 Å². The zero-order valence-corrected chi connectivity index (χ0v) is 8.21. The lowest BCUT2D eigenvalue weighted by atomic mass is 10.9. The summed E-state index contributed by atoms with van der Waals surface area (Å²) < 4.78 is 0. The summed E-state index contributed by atoms with van der Waals surface area (Å²) >= 11 is 0. The van der Waals surface area contributed by atoms with Crippen LogP contribution in [0.3, 0.4) is 0 Å². The van der Waals surface area contributed by atoms with E-state index in [0.717, 1.165) is 5.75 Å². The van der Waals surface area contributed by atoms with Crippen LogP contribution in [0, 0.1) is 0 Å². The summed E-state index contributed by atoms with van der Waals surface area (Å²) in [5.74, 6) is 4.89. The largest absolute Gasteiger partial charge is 0.396 e. The Morgan fingerprint density at radius 1 is 1.00 bits per heavy atom. The third kappa shape index (κ3) is 2.51. The lowest BCUT2D eigenvalue weighted by molar-refractivity contribution is 0.321. The number of hydrogen-bond acceptors (Lipinski definition) is 1. The van der Waals surface area contributed by atoms with E-state index in [1.165, 1.54) is 17.3 Å². The topological polar surface area (TPSA) is 20.2 Å². The maximum Gasteiger partial charge on any atom is 0.0507 e. The van der Waals surface area contributed by atoms with Gasteiger partial charge in [0, 0.05) is 5.75 Å². The smallest absolute Gasteiger partial charge is 0.0507 e. The molecule has 1 N–H and O–H groups in total. The predicted molar refractivity (Wildman–Crippen MR) is 51.2 cm³/mol. The summed E-state index contributed by atoms with van der Waals surface area (Å²) in [5.41, 5.74) is 0. The van der Waals surface area contributed by atoms with Gasteiger partial charge in [0.05, 0.1) is 6.61 Å². The number of rotatable bonds is 5. The summed E-state index contributed by atoms with van der Waals surface area (Å²) in [6, 6.07) is 0. The molecule has 0 radical (unpaired) electrons. The van der Waals surface area contributed by atoms with E-state index in [2.05, 4.69) is 20.8 Å². The van der Waals surface area contributed by atoms with Crippen LogP contribution in [-0.4, -0.2) is 34.7 Å². The van der Waals surface area contributed by atoms with Crippen molar-refractivity contribution in [3.8, 4) is 0 Å². The quantitative estimate of drug-likeness (QED) is 0.657. The molecule has 0 fully saturated rings. The Bertz CT molecular complexity index is 71.1. The summed E-state index contributed by atoms with van der Waals surface area (Å²) in [6.07, 6.45) is 0. The second-order valence-corrected chi connectivity index (χ2v) is 7.11. The zero-order valence-electron chi connectivity index (χ0n) is 7.39. The van der Waals surface area contributed by atoms with Crippen LogP contribution in [0.15, 0.2) is 0 Å². The third-order valence-electron chi connectivity index (χ3n) is 2.36.